The predicted molar refractivity (Wildman–Crippen MR) is 83.1 cm³/mol. The van der Waals surface area contributed by atoms with Crippen molar-refractivity contribution in [2.75, 3.05) is 0 Å². The normalized spacial score (nSPS) is 11.1. The number of hydrogen-bond acceptors (Lipinski definition) is 3. The van der Waals surface area contributed by atoms with E-state index in [1.807, 2.05) is 53.2 Å². The zero-order chi connectivity index (χ0) is 14.7. The second-order valence-corrected chi connectivity index (χ2v) is 5.36. The van der Waals surface area contributed by atoms with Crippen LogP contribution in [0.5, 0.6) is 0 Å². The summed E-state index contributed by atoms with van der Waals surface area (Å²) in [5.74, 6) is 0. The summed E-state index contributed by atoms with van der Waals surface area (Å²) in [5, 5.41) is 13.1. The molecule has 0 spiro atoms. The number of imidazole rings is 1. The third kappa shape index (κ3) is 3.42. The Kier molecular flexibility index (Phi) is 4.20. The zero-order valence-electron chi connectivity index (χ0n) is 11.5. The van der Waals surface area contributed by atoms with Gasteiger partial charge in [-0.1, -0.05) is 35.9 Å². The van der Waals surface area contributed by atoms with Crippen LogP contribution in [0.1, 0.15) is 16.8 Å². The Morgan fingerprint density at radius 1 is 1.00 bits per heavy atom. The van der Waals surface area contributed by atoms with Crippen LogP contribution in [-0.2, 0) is 19.7 Å². The molecule has 0 amide bonds. The van der Waals surface area contributed by atoms with E-state index >= 15 is 0 Å². The number of aliphatic hydroxyl groups excluding tert-OH is 1. The highest BCUT2D eigenvalue weighted by atomic mass is 35.5. The molecule has 4 nitrogen and oxygen atoms in total. The van der Waals surface area contributed by atoms with Crippen LogP contribution < -0.4 is 5.32 Å². The molecule has 0 atom stereocenters. The number of fused-ring (bicyclic) bond motifs is 1. The molecule has 0 fully saturated rings. The summed E-state index contributed by atoms with van der Waals surface area (Å²) in [6.45, 7) is 1.54. The highest BCUT2D eigenvalue weighted by Crippen LogP contribution is 2.12. The molecule has 0 aliphatic heterocycles. The summed E-state index contributed by atoms with van der Waals surface area (Å²) in [4.78, 5) is 4.52. The first-order chi connectivity index (χ1) is 10.2. The highest BCUT2D eigenvalue weighted by Gasteiger charge is 2.02. The number of rotatable bonds is 5. The number of halogens is 1. The van der Waals surface area contributed by atoms with Gasteiger partial charge < -0.3 is 14.8 Å². The van der Waals surface area contributed by atoms with E-state index in [9.17, 15) is 0 Å². The molecule has 2 N–H and O–H groups in total. The van der Waals surface area contributed by atoms with Crippen LogP contribution in [0.3, 0.4) is 0 Å². The maximum atomic E-state index is 9.01. The molecular weight excluding hydrogens is 286 g/mol. The van der Waals surface area contributed by atoms with Gasteiger partial charge in [-0.25, -0.2) is 4.98 Å². The maximum absolute atomic E-state index is 9.01. The van der Waals surface area contributed by atoms with Gasteiger partial charge in [0.15, 0.2) is 0 Å². The lowest BCUT2D eigenvalue weighted by atomic mass is 10.1. The van der Waals surface area contributed by atoms with Gasteiger partial charge in [0.25, 0.3) is 0 Å². The van der Waals surface area contributed by atoms with Crippen LogP contribution in [-0.4, -0.2) is 14.5 Å². The van der Waals surface area contributed by atoms with E-state index in [0.29, 0.717) is 11.6 Å². The summed E-state index contributed by atoms with van der Waals surface area (Å²) in [7, 11) is 0. The number of aliphatic hydroxyl groups is 1. The first kappa shape index (κ1) is 14.1. The van der Waals surface area contributed by atoms with Crippen molar-refractivity contribution in [3.05, 3.63) is 70.6 Å². The largest absolute Gasteiger partial charge is 0.392 e. The van der Waals surface area contributed by atoms with E-state index in [2.05, 4.69) is 10.3 Å². The summed E-state index contributed by atoms with van der Waals surface area (Å²) >= 11 is 5.95. The van der Waals surface area contributed by atoms with E-state index in [4.69, 9.17) is 16.7 Å². The van der Waals surface area contributed by atoms with Gasteiger partial charge in [0.05, 0.1) is 17.3 Å². The molecule has 2 aromatic heterocycles. The van der Waals surface area contributed by atoms with E-state index in [1.54, 1.807) is 0 Å². The fraction of sp³-hybridized carbons (Fsp3) is 0.188. The highest BCUT2D eigenvalue weighted by molar-refractivity contribution is 6.30. The average molecular weight is 302 g/mol. The van der Waals surface area contributed by atoms with Crippen molar-refractivity contribution in [1.29, 1.82) is 0 Å². The number of nitrogens with one attached hydrogen (secondary N) is 1. The zero-order valence-corrected chi connectivity index (χ0v) is 12.2. The van der Waals surface area contributed by atoms with E-state index < -0.39 is 0 Å². The molecule has 0 saturated heterocycles. The van der Waals surface area contributed by atoms with Gasteiger partial charge in [-0.15, -0.1) is 0 Å². The lowest BCUT2D eigenvalue weighted by molar-refractivity contribution is 0.282. The van der Waals surface area contributed by atoms with Crippen LogP contribution in [0.4, 0.5) is 0 Å². The summed E-state index contributed by atoms with van der Waals surface area (Å²) < 4.78 is 1.93. The summed E-state index contributed by atoms with van der Waals surface area (Å²) in [6, 6.07) is 11.6. The Balaban J connectivity index is 1.60. The van der Waals surface area contributed by atoms with Gasteiger partial charge in [-0.05, 0) is 23.3 Å². The smallest absolute Gasteiger partial charge is 0.137 e. The Labute approximate surface area is 128 Å². The second-order valence-electron chi connectivity index (χ2n) is 4.92. The van der Waals surface area contributed by atoms with Crippen LogP contribution in [0.2, 0.25) is 5.02 Å². The minimum Gasteiger partial charge on any atom is -0.392 e. The predicted octanol–water partition coefficient (Wildman–Crippen LogP) is 2.77. The number of hydrogen-bond donors (Lipinski definition) is 2. The minimum atomic E-state index is 0.0809. The molecule has 0 radical (unpaired) electrons. The van der Waals surface area contributed by atoms with Crippen LogP contribution >= 0.6 is 11.6 Å². The van der Waals surface area contributed by atoms with Crippen LogP contribution in [0.15, 0.2) is 48.8 Å². The van der Waals surface area contributed by atoms with Crippen molar-refractivity contribution < 1.29 is 5.11 Å². The van der Waals surface area contributed by atoms with Gasteiger partial charge in [-0.2, -0.15) is 0 Å². The SMILES string of the molecule is OCc1ccc(CNCc2cn3cc(Cl)ccc3n2)cc1. The summed E-state index contributed by atoms with van der Waals surface area (Å²) in [5.41, 5.74) is 3.97. The third-order valence-electron chi connectivity index (χ3n) is 3.31. The Morgan fingerprint density at radius 3 is 2.52 bits per heavy atom. The standard InChI is InChI=1S/C16H16ClN3O/c17-14-5-6-16-19-15(10-20(16)9-14)8-18-7-12-1-3-13(11-21)4-2-12/h1-6,9-10,18,21H,7-8,11H2. The topological polar surface area (TPSA) is 49.6 Å². The number of pyridine rings is 1. The Bertz CT molecular complexity index is 737. The fourth-order valence-corrected chi connectivity index (χ4v) is 2.37. The maximum Gasteiger partial charge on any atom is 0.137 e. The summed E-state index contributed by atoms with van der Waals surface area (Å²) in [6.07, 6.45) is 3.82. The molecule has 0 saturated carbocycles. The van der Waals surface area contributed by atoms with Crippen LogP contribution in [0.25, 0.3) is 5.65 Å². The molecule has 1 aromatic carbocycles. The van der Waals surface area contributed by atoms with E-state index in [0.717, 1.165) is 23.4 Å². The molecule has 108 valence electrons. The molecule has 2 heterocycles. The third-order valence-corrected chi connectivity index (χ3v) is 3.53. The van der Waals surface area contributed by atoms with Crippen LogP contribution in [0, 0.1) is 0 Å². The average Bonchev–Trinajstić information content (AvgIpc) is 2.89. The molecule has 0 unspecified atom stereocenters. The molecule has 0 bridgehead atoms. The van der Waals surface area contributed by atoms with E-state index in [1.165, 1.54) is 5.56 Å². The minimum absolute atomic E-state index is 0.0809. The van der Waals surface area contributed by atoms with Crippen molar-refractivity contribution >= 4 is 17.2 Å². The Morgan fingerprint density at radius 2 is 1.76 bits per heavy atom. The van der Waals surface area contributed by atoms with Gasteiger partial charge in [0, 0.05) is 25.5 Å². The first-order valence-corrected chi connectivity index (χ1v) is 7.15. The molecule has 5 heteroatoms. The molecular formula is C16H16ClN3O. The molecule has 0 aliphatic carbocycles. The van der Waals surface area contributed by atoms with Gasteiger partial charge in [0.2, 0.25) is 0 Å². The number of nitrogens with zero attached hydrogens (tertiary/aromatic N) is 2. The first-order valence-electron chi connectivity index (χ1n) is 6.77. The Hall–Kier alpha value is -1.88. The van der Waals surface area contributed by atoms with Gasteiger partial charge in [-0.3, -0.25) is 0 Å². The lowest BCUT2D eigenvalue weighted by Gasteiger charge is -2.04. The van der Waals surface area contributed by atoms with E-state index in [-0.39, 0.29) is 6.61 Å². The van der Waals surface area contributed by atoms with Gasteiger partial charge in [0.1, 0.15) is 5.65 Å². The number of benzene rings is 1. The van der Waals surface area contributed by atoms with Crippen molar-refractivity contribution in [3.63, 3.8) is 0 Å². The molecule has 21 heavy (non-hydrogen) atoms. The molecule has 0 aliphatic rings. The second kappa shape index (κ2) is 6.26. The van der Waals surface area contributed by atoms with Crippen molar-refractivity contribution in [2.45, 2.75) is 19.7 Å². The van der Waals surface area contributed by atoms with Crippen molar-refractivity contribution in [1.82, 2.24) is 14.7 Å². The van der Waals surface area contributed by atoms with Crippen molar-refractivity contribution in [3.8, 4) is 0 Å². The lowest BCUT2D eigenvalue weighted by Crippen LogP contribution is -2.12. The quantitative estimate of drug-likeness (QED) is 0.762. The molecule has 3 aromatic rings. The number of aromatic nitrogens is 2. The van der Waals surface area contributed by atoms with Crippen molar-refractivity contribution in [2.24, 2.45) is 0 Å². The fourth-order valence-electron chi connectivity index (χ4n) is 2.20. The van der Waals surface area contributed by atoms with Gasteiger partial charge >= 0.3 is 0 Å². The monoisotopic (exact) mass is 301 g/mol. The molecule has 3 rings (SSSR count).